The predicted molar refractivity (Wildman–Crippen MR) is 129 cm³/mol. The standard InChI is InChI=1S/C25H30N2OS/c1-2-3-4-5-6-9-19-28-22-17-15-21(16-18-22)26-25(29)27-24-14-10-12-20-11-7-8-13-23(20)24/h7-8,10-18H,2-6,9,19H2,1H3,(H2,26,27,29). The van der Waals surface area contributed by atoms with Crippen LogP contribution < -0.4 is 15.4 Å². The highest BCUT2D eigenvalue weighted by Crippen LogP contribution is 2.23. The Morgan fingerprint density at radius 2 is 1.52 bits per heavy atom. The van der Waals surface area contributed by atoms with Crippen molar-refractivity contribution < 1.29 is 4.74 Å². The average molecular weight is 407 g/mol. The number of thiocarbonyl (C=S) groups is 1. The molecule has 0 atom stereocenters. The molecule has 0 saturated heterocycles. The molecule has 0 aliphatic rings. The highest BCUT2D eigenvalue weighted by molar-refractivity contribution is 7.80. The average Bonchev–Trinajstić information content (AvgIpc) is 2.74. The third kappa shape index (κ3) is 6.75. The van der Waals surface area contributed by atoms with Gasteiger partial charge in [-0.15, -0.1) is 0 Å². The fourth-order valence-corrected chi connectivity index (χ4v) is 3.55. The Hall–Kier alpha value is -2.59. The molecule has 0 aromatic heterocycles. The molecule has 0 saturated carbocycles. The van der Waals surface area contributed by atoms with E-state index < -0.39 is 0 Å². The number of hydrogen-bond donors (Lipinski definition) is 2. The Balaban J connectivity index is 1.45. The Labute approximate surface area is 179 Å². The molecular formula is C25H30N2OS. The van der Waals surface area contributed by atoms with Gasteiger partial charge in [0.2, 0.25) is 0 Å². The molecule has 0 fully saturated rings. The van der Waals surface area contributed by atoms with Gasteiger partial charge in [0.1, 0.15) is 5.75 Å². The fourth-order valence-electron chi connectivity index (χ4n) is 3.33. The van der Waals surface area contributed by atoms with Crippen LogP contribution in [0.3, 0.4) is 0 Å². The second-order valence-corrected chi connectivity index (χ2v) is 7.65. The number of hydrogen-bond acceptors (Lipinski definition) is 2. The van der Waals surface area contributed by atoms with E-state index >= 15 is 0 Å². The van der Waals surface area contributed by atoms with Crippen LogP contribution in [0.4, 0.5) is 11.4 Å². The zero-order valence-electron chi connectivity index (χ0n) is 17.1. The van der Waals surface area contributed by atoms with Crippen molar-refractivity contribution in [1.29, 1.82) is 0 Å². The van der Waals surface area contributed by atoms with Crippen LogP contribution in [0.2, 0.25) is 0 Å². The highest BCUT2D eigenvalue weighted by atomic mass is 32.1. The van der Waals surface area contributed by atoms with Crippen LogP contribution in [0.5, 0.6) is 5.75 Å². The first-order chi connectivity index (χ1) is 14.3. The molecule has 0 spiro atoms. The van der Waals surface area contributed by atoms with Crippen LogP contribution in [0.25, 0.3) is 10.8 Å². The minimum Gasteiger partial charge on any atom is -0.494 e. The zero-order chi connectivity index (χ0) is 20.3. The quantitative estimate of drug-likeness (QED) is 0.272. The van der Waals surface area contributed by atoms with E-state index in [4.69, 9.17) is 17.0 Å². The van der Waals surface area contributed by atoms with E-state index in [9.17, 15) is 0 Å². The molecule has 2 N–H and O–H groups in total. The third-order valence-corrected chi connectivity index (χ3v) is 5.12. The molecule has 152 valence electrons. The van der Waals surface area contributed by atoms with E-state index in [1.807, 2.05) is 48.5 Å². The lowest BCUT2D eigenvalue weighted by molar-refractivity contribution is 0.304. The summed E-state index contributed by atoms with van der Waals surface area (Å²) < 4.78 is 5.84. The summed E-state index contributed by atoms with van der Waals surface area (Å²) in [6, 6.07) is 22.4. The lowest BCUT2D eigenvalue weighted by Crippen LogP contribution is -2.19. The van der Waals surface area contributed by atoms with Gasteiger partial charge in [-0.05, 0) is 54.4 Å². The minimum atomic E-state index is 0.571. The number of nitrogens with one attached hydrogen (secondary N) is 2. The lowest BCUT2D eigenvalue weighted by Gasteiger charge is -2.13. The van der Waals surface area contributed by atoms with Crippen molar-refractivity contribution in [3.05, 3.63) is 66.7 Å². The molecule has 4 heteroatoms. The zero-order valence-corrected chi connectivity index (χ0v) is 17.9. The molecule has 0 aliphatic carbocycles. The summed E-state index contributed by atoms with van der Waals surface area (Å²) in [6.45, 7) is 3.02. The van der Waals surface area contributed by atoms with Gasteiger partial charge in [-0.3, -0.25) is 0 Å². The predicted octanol–water partition coefficient (Wildman–Crippen LogP) is 7.39. The molecule has 3 aromatic rings. The van der Waals surface area contributed by atoms with Gasteiger partial charge in [-0.25, -0.2) is 0 Å². The molecule has 0 radical (unpaired) electrons. The van der Waals surface area contributed by atoms with Crippen molar-refractivity contribution in [2.24, 2.45) is 0 Å². The first-order valence-corrected chi connectivity index (χ1v) is 11.0. The molecule has 0 unspecified atom stereocenters. The van der Waals surface area contributed by atoms with Gasteiger partial charge in [0, 0.05) is 16.8 Å². The van der Waals surface area contributed by atoms with Gasteiger partial charge in [0.15, 0.2) is 5.11 Å². The largest absolute Gasteiger partial charge is 0.494 e. The van der Waals surface area contributed by atoms with E-state index in [-0.39, 0.29) is 0 Å². The number of unbranched alkanes of at least 4 members (excludes halogenated alkanes) is 5. The van der Waals surface area contributed by atoms with Gasteiger partial charge in [0.05, 0.1) is 6.61 Å². The van der Waals surface area contributed by atoms with Crippen molar-refractivity contribution in [2.45, 2.75) is 45.4 Å². The number of ether oxygens (including phenoxy) is 1. The molecule has 29 heavy (non-hydrogen) atoms. The Bertz CT molecular complexity index is 903. The highest BCUT2D eigenvalue weighted by Gasteiger charge is 2.03. The van der Waals surface area contributed by atoms with Crippen LogP contribution in [0, 0.1) is 0 Å². The minimum absolute atomic E-state index is 0.571. The summed E-state index contributed by atoms with van der Waals surface area (Å²) in [5, 5.41) is 9.45. The molecule has 0 amide bonds. The van der Waals surface area contributed by atoms with Crippen LogP contribution in [0.1, 0.15) is 45.4 Å². The summed E-state index contributed by atoms with van der Waals surface area (Å²) in [6.07, 6.45) is 7.63. The smallest absolute Gasteiger partial charge is 0.175 e. The summed E-state index contributed by atoms with van der Waals surface area (Å²) in [7, 11) is 0. The number of rotatable bonds is 10. The third-order valence-electron chi connectivity index (χ3n) is 4.92. The molecule has 0 heterocycles. The van der Waals surface area contributed by atoms with E-state index in [0.29, 0.717) is 5.11 Å². The number of benzene rings is 3. The van der Waals surface area contributed by atoms with Crippen molar-refractivity contribution >= 4 is 39.5 Å². The summed E-state index contributed by atoms with van der Waals surface area (Å²) >= 11 is 5.49. The second kappa shape index (κ2) is 11.4. The van der Waals surface area contributed by atoms with Gasteiger partial charge in [0.25, 0.3) is 0 Å². The Morgan fingerprint density at radius 1 is 0.793 bits per heavy atom. The van der Waals surface area contributed by atoms with Crippen molar-refractivity contribution in [1.82, 2.24) is 0 Å². The number of fused-ring (bicyclic) bond motifs is 1. The second-order valence-electron chi connectivity index (χ2n) is 7.25. The van der Waals surface area contributed by atoms with E-state index in [0.717, 1.165) is 35.5 Å². The maximum Gasteiger partial charge on any atom is 0.175 e. The Kier molecular flexibility index (Phi) is 8.32. The van der Waals surface area contributed by atoms with Gasteiger partial charge >= 0.3 is 0 Å². The van der Waals surface area contributed by atoms with Crippen molar-refractivity contribution in [3.8, 4) is 5.75 Å². The maximum atomic E-state index is 5.84. The Morgan fingerprint density at radius 3 is 2.34 bits per heavy atom. The maximum absolute atomic E-state index is 5.84. The van der Waals surface area contributed by atoms with Gasteiger partial charge in [-0.2, -0.15) is 0 Å². The van der Waals surface area contributed by atoms with Gasteiger partial charge in [-0.1, -0.05) is 75.4 Å². The molecule has 0 bridgehead atoms. The van der Waals surface area contributed by atoms with Crippen LogP contribution in [-0.2, 0) is 0 Å². The molecule has 0 aliphatic heterocycles. The first-order valence-electron chi connectivity index (χ1n) is 10.5. The van der Waals surface area contributed by atoms with E-state index in [2.05, 4.69) is 35.8 Å². The number of anilines is 2. The lowest BCUT2D eigenvalue weighted by atomic mass is 10.1. The van der Waals surface area contributed by atoms with E-state index in [1.54, 1.807) is 0 Å². The molecule has 3 nitrogen and oxygen atoms in total. The van der Waals surface area contributed by atoms with Crippen molar-refractivity contribution in [3.63, 3.8) is 0 Å². The van der Waals surface area contributed by atoms with Gasteiger partial charge < -0.3 is 15.4 Å². The van der Waals surface area contributed by atoms with E-state index in [1.165, 1.54) is 37.5 Å². The molecule has 3 aromatic carbocycles. The SMILES string of the molecule is CCCCCCCCOc1ccc(NC(=S)Nc2cccc3ccccc23)cc1. The summed E-state index contributed by atoms with van der Waals surface area (Å²) in [5.41, 5.74) is 1.94. The van der Waals surface area contributed by atoms with Crippen molar-refractivity contribution in [2.75, 3.05) is 17.2 Å². The van der Waals surface area contributed by atoms with Crippen LogP contribution >= 0.6 is 12.2 Å². The fraction of sp³-hybridized carbons (Fsp3) is 0.320. The van der Waals surface area contributed by atoms with Crippen LogP contribution in [-0.4, -0.2) is 11.7 Å². The topological polar surface area (TPSA) is 33.3 Å². The summed E-state index contributed by atoms with van der Waals surface area (Å²) in [5.74, 6) is 0.900. The summed E-state index contributed by atoms with van der Waals surface area (Å²) in [4.78, 5) is 0. The normalized spacial score (nSPS) is 10.7. The molecular weight excluding hydrogens is 376 g/mol. The molecule has 3 rings (SSSR count). The first kappa shape index (κ1) is 21.1. The monoisotopic (exact) mass is 406 g/mol. The van der Waals surface area contributed by atoms with Crippen LogP contribution in [0.15, 0.2) is 66.7 Å².